The van der Waals surface area contributed by atoms with Gasteiger partial charge in [0.15, 0.2) is 0 Å². The van der Waals surface area contributed by atoms with Crippen molar-refractivity contribution in [3.63, 3.8) is 0 Å². The minimum atomic E-state index is -0.128. The molecule has 3 aliphatic carbocycles. The number of rotatable bonds is 1. The Bertz CT molecular complexity index is 278. The number of ether oxygens (including phenoxy) is 1. The zero-order valence-electron chi connectivity index (χ0n) is 8.28. The second-order valence-corrected chi connectivity index (χ2v) is 5.61. The predicted octanol–water partition coefficient (Wildman–Crippen LogP) is 2.20. The Balaban J connectivity index is 1.81. The topological polar surface area (TPSA) is 26.3 Å². The molecule has 14 heavy (non-hydrogen) atoms. The lowest BCUT2D eigenvalue weighted by Crippen LogP contribution is -2.30. The summed E-state index contributed by atoms with van der Waals surface area (Å²) in [7, 11) is 0. The van der Waals surface area contributed by atoms with Crippen LogP contribution in [-0.4, -0.2) is 17.5 Å². The van der Waals surface area contributed by atoms with Crippen LogP contribution in [0.3, 0.4) is 0 Å². The van der Waals surface area contributed by atoms with Crippen LogP contribution in [0.15, 0.2) is 0 Å². The number of esters is 1. The van der Waals surface area contributed by atoms with Gasteiger partial charge in [-0.25, -0.2) is 0 Å². The van der Waals surface area contributed by atoms with Crippen molar-refractivity contribution in [2.45, 2.75) is 37.7 Å². The predicted molar refractivity (Wildman–Crippen MR) is 53.0 cm³/mol. The lowest BCUT2D eigenvalue weighted by atomic mass is 9.86. The molecule has 3 aliphatic rings. The van der Waals surface area contributed by atoms with Crippen molar-refractivity contribution in [1.82, 2.24) is 0 Å². The van der Waals surface area contributed by atoms with Gasteiger partial charge in [-0.1, -0.05) is 0 Å². The summed E-state index contributed by atoms with van der Waals surface area (Å²) in [5, 5.41) is 0.343. The van der Waals surface area contributed by atoms with Crippen LogP contribution < -0.4 is 0 Å². The van der Waals surface area contributed by atoms with E-state index in [9.17, 15) is 4.79 Å². The minimum absolute atomic E-state index is 0.128. The van der Waals surface area contributed by atoms with E-state index < -0.39 is 0 Å². The molecule has 3 rings (SSSR count). The normalized spacial score (nSPS) is 53.9. The summed E-state index contributed by atoms with van der Waals surface area (Å²) in [5.41, 5.74) is 0. The maximum Gasteiger partial charge on any atom is 0.302 e. The first-order valence-electron chi connectivity index (χ1n) is 5.48. The van der Waals surface area contributed by atoms with Crippen molar-refractivity contribution < 1.29 is 9.53 Å². The molecule has 1 unspecified atom stereocenters. The van der Waals surface area contributed by atoms with E-state index in [4.69, 9.17) is 16.3 Å². The molecule has 2 nitrogen and oxygen atoms in total. The van der Waals surface area contributed by atoms with E-state index in [2.05, 4.69) is 0 Å². The number of halogens is 1. The second kappa shape index (κ2) is 2.88. The van der Waals surface area contributed by atoms with Crippen molar-refractivity contribution in [3.8, 4) is 0 Å². The number of fused-ring (bicyclic) bond motifs is 1. The smallest absolute Gasteiger partial charge is 0.302 e. The summed E-state index contributed by atoms with van der Waals surface area (Å²) in [6, 6.07) is 0. The van der Waals surface area contributed by atoms with E-state index in [1.807, 2.05) is 0 Å². The molecule has 78 valence electrons. The molecule has 0 aliphatic heterocycles. The van der Waals surface area contributed by atoms with Gasteiger partial charge in [0.2, 0.25) is 0 Å². The zero-order chi connectivity index (χ0) is 9.87. The van der Waals surface area contributed by atoms with Gasteiger partial charge in [0, 0.05) is 18.2 Å². The van der Waals surface area contributed by atoms with E-state index in [1.165, 1.54) is 19.8 Å². The second-order valence-electron chi connectivity index (χ2n) is 5.05. The van der Waals surface area contributed by atoms with Crippen LogP contribution >= 0.6 is 11.6 Å². The highest BCUT2D eigenvalue weighted by atomic mass is 35.5. The Kier molecular flexibility index (Phi) is 1.85. The molecule has 0 radical (unpaired) electrons. The lowest BCUT2D eigenvalue weighted by molar-refractivity contribution is -0.151. The molecule has 0 aromatic carbocycles. The van der Waals surface area contributed by atoms with Crippen LogP contribution in [0.2, 0.25) is 0 Å². The standard InChI is InChI=1S/C11H15ClO2/c1-5(13)14-11-6-2-7-8(3-6)10(12)4-9(7)11/h6-11H,2-4H2,1H3/t6-,7+,8-,9-,10+,11?/m0/s1. The first kappa shape index (κ1) is 9.02. The van der Waals surface area contributed by atoms with Gasteiger partial charge in [0.25, 0.3) is 0 Å². The number of carbonyl (C=O) groups is 1. The molecule has 0 aromatic heterocycles. The van der Waals surface area contributed by atoms with Crippen LogP contribution in [0.5, 0.6) is 0 Å². The third kappa shape index (κ3) is 1.06. The molecule has 6 atom stereocenters. The molecule has 2 bridgehead atoms. The number of alkyl halides is 1. The molecule has 0 amide bonds. The zero-order valence-corrected chi connectivity index (χ0v) is 9.04. The average Bonchev–Trinajstić information content (AvgIpc) is 2.67. The van der Waals surface area contributed by atoms with Gasteiger partial charge in [0.1, 0.15) is 6.10 Å². The van der Waals surface area contributed by atoms with Crippen LogP contribution in [0.1, 0.15) is 26.2 Å². The van der Waals surface area contributed by atoms with Gasteiger partial charge in [0.05, 0.1) is 0 Å². The molecule has 0 aromatic rings. The fourth-order valence-corrected chi connectivity index (χ4v) is 4.53. The first-order chi connectivity index (χ1) is 6.66. The summed E-state index contributed by atoms with van der Waals surface area (Å²) >= 11 is 6.30. The van der Waals surface area contributed by atoms with Gasteiger partial charge in [-0.2, -0.15) is 0 Å². The van der Waals surface area contributed by atoms with Crippen molar-refractivity contribution in [3.05, 3.63) is 0 Å². The van der Waals surface area contributed by atoms with E-state index >= 15 is 0 Å². The highest BCUT2D eigenvalue weighted by molar-refractivity contribution is 6.21. The van der Waals surface area contributed by atoms with Crippen molar-refractivity contribution in [2.24, 2.45) is 23.7 Å². The van der Waals surface area contributed by atoms with Crippen LogP contribution in [-0.2, 0) is 9.53 Å². The fourth-order valence-electron chi connectivity index (χ4n) is 4.03. The molecule has 3 heteroatoms. The van der Waals surface area contributed by atoms with Crippen molar-refractivity contribution in [2.75, 3.05) is 0 Å². The maximum absolute atomic E-state index is 11.0. The average molecular weight is 215 g/mol. The lowest BCUT2D eigenvalue weighted by Gasteiger charge is -2.27. The summed E-state index contributed by atoms with van der Waals surface area (Å²) in [6.45, 7) is 1.51. The summed E-state index contributed by atoms with van der Waals surface area (Å²) in [6.07, 6.45) is 3.69. The number of hydrogen-bond donors (Lipinski definition) is 0. The number of hydrogen-bond acceptors (Lipinski definition) is 2. The SMILES string of the molecule is CC(=O)OC1[C@H]2C[C@@H]3[C@H](C2)[C@H](Cl)C[C@H]13. The van der Waals surface area contributed by atoms with Crippen LogP contribution in [0.4, 0.5) is 0 Å². The summed E-state index contributed by atoms with van der Waals surface area (Å²) < 4.78 is 5.43. The van der Waals surface area contributed by atoms with E-state index in [1.54, 1.807) is 0 Å². The van der Waals surface area contributed by atoms with Crippen LogP contribution in [0.25, 0.3) is 0 Å². The highest BCUT2D eigenvalue weighted by Gasteiger charge is 2.60. The third-order valence-electron chi connectivity index (χ3n) is 4.40. The van der Waals surface area contributed by atoms with E-state index in [0.29, 0.717) is 17.2 Å². The minimum Gasteiger partial charge on any atom is -0.462 e. The summed E-state index contributed by atoms with van der Waals surface area (Å²) in [5.74, 6) is 2.54. The molecule has 0 heterocycles. The Labute approximate surface area is 88.9 Å². The van der Waals surface area contributed by atoms with Gasteiger partial charge in [-0.15, -0.1) is 11.6 Å². The first-order valence-corrected chi connectivity index (χ1v) is 5.91. The maximum atomic E-state index is 11.0. The fraction of sp³-hybridized carbons (Fsp3) is 0.909. The quantitative estimate of drug-likeness (QED) is 0.494. The molecule has 0 spiro atoms. The highest BCUT2D eigenvalue weighted by Crippen LogP contribution is 2.61. The van der Waals surface area contributed by atoms with Crippen molar-refractivity contribution in [1.29, 1.82) is 0 Å². The third-order valence-corrected chi connectivity index (χ3v) is 4.90. The molecular weight excluding hydrogens is 200 g/mol. The molecular formula is C11H15ClO2. The van der Waals surface area contributed by atoms with Crippen LogP contribution in [0, 0.1) is 23.7 Å². The van der Waals surface area contributed by atoms with Gasteiger partial charge >= 0.3 is 5.97 Å². The van der Waals surface area contributed by atoms with Crippen molar-refractivity contribution >= 4 is 17.6 Å². The van der Waals surface area contributed by atoms with Gasteiger partial charge in [-0.3, -0.25) is 4.79 Å². The Morgan fingerprint density at radius 3 is 2.64 bits per heavy atom. The summed E-state index contributed by atoms with van der Waals surface area (Å²) in [4.78, 5) is 11.0. The van der Waals surface area contributed by atoms with Gasteiger partial charge < -0.3 is 4.74 Å². The number of carbonyl (C=O) groups excluding carboxylic acids is 1. The molecule has 3 fully saturated rings. The van der Waals surface area contributed by atoms with E-state index in [0.717, 1.165) is 18.3 Å². The Morgan fingerprint density at radius 2 is 1.93 bits per heavy atom. The monoisotopic (exact) mass is 214 g/mol. The molecule has 0 N–H and O–H groups in total. The van der Waals surface area contributed by atoms with E-state index in [-0.39, 0.29) is 12.1 Å². The Morgan fingerprint density at radius 1 is 1.21 bits per heavy atom. The van der Waals surface area contributed by atoms with Gasteiger partial charge in [-0.05, 0) is 37.0 Å². The molecule has 0 saturated heterocycles. The Hall–Kier alpha value is -0.240. The molecule has 3 saturated carbocycles. The largest absolute Gasteiger partial charge is 0.462 e.